The number of aromatic amines is 2. The van der Waals surface area contributed by atoms with Crippen molar-refractivity contribution in [2.45, 2.75) is 63.3 Å². The fourth-order valence-corrected chi connectivity index (χ4v) is 7.32. The van der Waals surface area contributed by atoms with E-state index in [1.807, 2.05) is 18.8 Å². The quantitative estimate of drug-likeness (QED) is 0.336. The van der Waals surface area contributed by atoms with E-state index in [-0.39, 0.29) is 34.9 Å². The second kappa shape index (κ2) is 9.53. The molecule has 2 atom stereocenters. The van der Waals surface area contributed by atoms with Crippen molar-refractivity contribution in [3.05, 3.63) is 45.6 Å². The Kier molecular flexibility index (Phi) is 6.44. The zero-order valence-corrected chi connectivity index (χ0v) is 20.9. The zero-order chi connectivity index (χ0) is 24.6. The molecule has 5 rings (SSSR count). The number of tetrazole rings is 1. The van der Waals surface area contributed by atoms with Crippen molar-refractivity contribution in [1.29, 1.82) is 0 Å². The predicted octanol–water partition coefficient (Wildman–Crippen LogP) is 4.89. The van der Waals surface area contributed by atoms with E-state index in [2.05, 4.69) is 36.0 Å². The Morgan fingerprint density at radius 3 is 2.66 bits per heavy atom. The lowest BCUT2D eigenvalue weighted by molar-refractivity contribution is 0.370. The van der Waals surface area contributed by atoms with Gasteiger partial charge in [-0.3, -0.25) is 9.89 Å². The first-order valence-electron chi connectivity index (χ1n) is 12.2. The molecule has 0 spiro atoms. The van der Waals surface area contributed by atoms with Crippen molar-refractivity contribution < 1.29 is 9.67 Å². The Balaban J connectivity index is 1.36. The van der Waals surface area contributed by atoms with Crippen LogP contribution in [0.25, 0.3) is 0 Å². The van der Waals surface area contributed by atoms with Crippen LogP contribution >= 0.6 is 7.14 Å². The summed E-state index contributed by atoms with van der Waals surface area (Å²) in [7, 11) is -2.07. The maximum absolute atomic E-state index is 13.0. The summed E-state index contributed by atoms with van der Waals surface area (Å²) in [5.74, 6) is 1.15. The molecule has 3 aromatic rings. The average Bonchev–Trinajstić information content (AvgIpc) is 3.48. The van der Waals surface area contributed by atoms with E-state index in [4.69, 9.17) is 0 Å². The van der Waals surface area contributed by atoms with Crippen molar-refractivity contribution in [2.24, 2.45) is 10.2 Å². The third-order valence-corrected chi connectivity index (χ3v) is 9.85. The first-order valence-corrected chi connectivity index (χ1v) is 14.7. The highest BCUT2D eigenvalue weighted by molar-refractivity contribution is 7.63. The van der Waals surface area contributed by atoms with Crippen LogP contribution in [0.15, 0.2) is 33.2 Å². The number of azo groups is 1. The minimum Gasteiger partial charge on any atom is -0.505 e. The van der Waals surface area contributed by atoms with E-state index >= 15 is 0 Å². The van der Waals surface area contributed by atoms with Gasteiger partial charge in [0.25, 0.3) is 5.56 Å². The fraction of sp³-hybridized carbons (Fsp3) is 0.565. The van der Waals surface area contributed by atoms with Gasteiger partial charge in [-0.25, -0.2) is 4.68 Å². The molecule has 1 saturated heterocycles. The summed E-state index contributed by atoms with van der Waals surface area (Å²) in [6.07, 6.45) is 6.48. The van der Waals surface area contributed by atoms with E-state index in [9.17, 15) is 14.5 Å². The Morgan fingerprint density at radius 2 is 1.91 bits per heavy atom. The van der Waals surface area contributed by atoms with Crippen LogP contribution in [0.1, 0.15) is 73.5 Å². The molecule has 3 N–H and O–H groups in total. The van der Waals surface area contributed by atoms with Crippen LogP contribution in [-0.2, 0) is 4.57 Å². The van der Waals surface area contributed by atoms with Crippen molar-refractivity contribution >= 4 is 18.5 Å². The number of hydrogen-bond donors (Lipinski definition) is 3. The topological polar surface area (TPSA) is 154 Å². The maximum Gasteiger partial charge on any atom is 0.294 e. The molecule has 1 saturated carbocycles. The molecule has 186 valence electrons. The first-order chi connectivity index (χ1) is 16.8. The molecular weight excluding hydrogens is 467 g/mol. The number of nitrogens with zero attached hydrogens (tertiary/aromatic N) is 6. The third kappa shape index (κ3) is 4.87. The summed E-state index contributed by atoms with van der Waals surface area (Å²) in [5, 5.41) is 37.1. The summed E-state index contributed by atoms with van der Waals surface area (Å²) < 4.78 is 13.9. The SMILES string of the molecule is Cc1[nH]n(C2CCP(C)(=O)CC2)c(=O)c1N=Nc1cccc(C2CCCC(c3nn[nH]n3)C2)c1O. The normalized spacial score (nSPS) is 27.4. The highest BCUT2D eigenvalue weighted by Crippen LogP contribution is 2.49. The molecule has 35 heavy (non-hydrogen) atoms. The lowest BCUT2D eigenvalue weighted by atomic mass is 9.77. The summed E-state index contributed by atoms with van der Waals surface area (Å²) in [6.45, 7) is 3.63. The second-order valence-corrected chi connectivity index (χ2v) is 13.5. The van der Waals surface area contributed by atoms with E-state index in [0.29, 0.717) is 42.4 Å². The van der Waals surface area contributed by atoms with Gasteiger partial charge in [-0.2, -0.15) is 5.21 Å². The van der Waals surface area contributed by atoms with Gasteiger partial charge in [0.05, 0.1) is 18.9 Å². The fourth-order valence-electron chi connectivity index (χ4n) is 5.40. The van der Waals surface area contributed by atoms with Gasteiger partial charge in [-0.05, 0) is 63.2 Å². The molecule has 2 unspecified atom stereocenters. The van der Waals surface area contributed by atoms with Crippen molar-refractivity contribution in [1.82, 2.24) is 30.4 Å². The van der Waals surface area contributed by atoms with Gasteiger partial charge in [0, 0.05) is 18.2 Å². The molecule has 12 heteroatoms. The van der Waals surface area contributed by atoms with Crippen LogP contribution in [-0.4, -0.2) is 54.5 Å². The summed E-state index contributed by atoms with van der Waals surface area (Å²) in [6, 6.07) is 5.46. The molecule has 0 radical (unpaired) electrons. The lowest BCUT2D eigenvalue weighted by Crippen LogP contribution is -2.26. The number of aromatic hydroxyl groups is 1. The minimum atomic E-state index is -2.07. The lowest BCUT2D eigenvalue weighted by Gasteiger charge is -2.28. The first kappa shape index (κ1) is 23.7. The number of aryl methyl sites for hydroxylation is 1. The molecule has 2 aromatic heterocycles. The molecule has 1 aromatic carbocycles. The Hall–Kier alpha value is -3.07. The van der Waals surface area contributed by atoms with Gasteiger partial charge in [-0.15, -0.1) is 20.4 Å². The van der Waals surface area contributed by atoms with E-state index in [1.165, 1.54) is 0 Å². The van der Waals surface area contributed by atoms with Crippen molar-refractivity contribution in [2.75, 3.05) is 19.0 Å². The maximum atomic E-state index is 13.0. The molecule has 11 nitrogen and oxygen atoms in total. The predicted molar refractivity (Wildman–Crippen MR) is 132 cm³/mol. The van der Waals surface area contributed by atoms with Crippen LogP contribution in [0.2, 0.25) is 0 Å². The number of nitrogens with one attached hydrogen (secondary N) is 2. The van der Waals surface area contributed by atoms with Crippen molar-refractivity contribution in [3.63, 3.8) is 0 Å². The van der Waals surface area contributed by atoms with Crippen LogP contribution in [0.4, 0.5) is 11.4 Å². The molecule has 2 fully saturated rings. The molecule has 0 bridgehead atoms. The van der Waals surface area contributed by atoms with Crippen LogP contribution in [0.5, 0.6) is 5.75 Å². The molecular formula is C23H31N8O3P. The van der Waals surface area contributed by atoms with Crippen molar-refractivity contribution in [3.8, 4) is 5.75 Å². The molecule has 1 aliphatic carbocycles. The minimum absolute atomic E-state index is 0.0117. The van der Waals surface area contributed by atoms with E-state index in [1.54, 1.807) is 17.7 Å². The molecule has 1 aliphatic heterocycles. The number of phenols is 1. The Morgan fingerprint density at radius 1 is 1.14 bits per heavy atom. The Labute approximate surface area is 202 Å². The standard InChI is InChI=1S/C23H31N8O3P/c1-14-20(23(33)31(28-14)17-9-11-35(2,34)12-10-17)25-24-19-8-4-7-18(21(19)32)15-5-3-6-16(13-15)22-26-29-30-27-22/h4,7-8,15-17,28,32H,3,5-6,9-13H2,1-2H3,(H,26,27,29,30). The number of hydrogen-bond acceptors (Lipinski definition) is 8. The number of aromatic nitrogens is 6. The number of benzene rings is 1. The number of para-hydroxylation sites is 1. The van der Waals surface area contributed by atoms with Gasteiger partial charge in [0.1, 0.15) is 11.4 Å². The van der Waals surface area contributed by atoms with Gasteiger partial charge in [-0.1, -0.05) is 23.8 Å². The Bertz CT molecular complexity index is 1320. The highest BCUT2D eigenvalue weighted by Gasteiger charge is 2.30. The van der Waals surface area contributed by atoms with E-state index < -0.39 is 7.14 Å². The van der Waals surface area contributed by atoms with Gasteiger partial charge in [0.2, 0.25) is 0 Å². The number of rotatable bonds is 5. The summed E-state index contributed by atoms with van der Waals surface area (Å²) >= 11 is 0. The van der Waals surface area contributed by atoms with Gasteiger partial charge in [0.15, 0.2) is 11.5 Å². The summed E-state index contributed by atoms with van der Waals surface area (Å²) in [4.78, 5) is 13.0. The third-order valence-electron chi connectivity index (χ3n) is 7.45. The average molecular weight is 499 g/mol. The largest absolute Gasteiger partial charge is 0.505 e. The van der Waals surface area contributed by atoms with Gasteiger partial charge >= 0.3 is 0 Å². The monoisotopic (exact) mass is 498 g/mol. The smallest absolute Gasteiger partial charge is 0.294 e. The number of phenolic OH excluding ortho intramolecular Hbond substituents is 1. The highest BCUT2D eigenvalue weighted by atomic mass is 31.2. The zero-order valence-electron chi connectivity index (χ0n) is 20.0. The van der Waals surface area contributed by atoms with Crippen LogP contribution in [0, 0.1) is 6.92 Å². The van der Waals surface area contributed by atoms with Crippen LogP contribution in [0.3, 0.4) is 0 Å². The summed E-state index contributed by atoms with van der Waals surface area (Å²) in [5.41, 5.74) is 1.77. The second-order valence-electron chi connectivity index (χ2n) is 9.98. The number of H-pyrrole nitrogens is 2. The van der Waals surface area contributed by atoms with Crippen LogP contribution < -0.4 is 5.56 Å². The molecule has 2 aliphatic rings. The molecule has 0 amide bonds. The van der Waals surface area contributed by atoms with E-state index in [0.717, 1.165) is 31.2 Å². The van der Waals surface area contributed by atoms with Gasteiger partial charge < -0.3 is 9.67 Å². The molecule has 3 heterocycles.